The summed E-state index contributed by atoms with van der Waals surface area (Å²) in [4.78, 5) is 0. The van der Waals surface area contributed by atoms with Crippen LogP contribution >= 0.6 is 0 Å². The molecule has 1 unspecified atom stereocenters. The first kappa shape index (κ1) is 11.4. The van der Waals surface area contributed by atoms with Crippen LogP contribution in [0.15, 0.2) is 24.3 Å². The third-order valence-electron chi connectivity index (χ3n) is 6.92. The molecule has 0 saturated heterocycles. The summed E-state index contributed by atoms with van der Waals surface area (Å²) in [5.41, 5.74) is 1.18. The minimum atomic E-state index is -0.862. The van der Waals surface area contributed by atoms with E-state index in [1.807, 2.05) is 6.07 Å². The Kier molecular flexibility index (Phi) is 1.61. The summed E-state index contributed by atoms with van der Waals surface area (Å²) in [7, 11) is 0. The summed E-state index contributed by atoms with van der Waals surface area (Å²) < 4.78 is 0. The average molecular weight is 271 g/mol. The summed E-state index contributed by atoms with van der Waals surface area (Å²) in [5, 5.41) is 28.9. The van der Waals surface area contributed by atoms with Gasteiger partial charge in [0, 0.05) is 5.41 Å². The van der Waals surface area contributed by atoms with Crippen molar-refractivity contribution in [1.29, 1.82) is 15.8 Å². The van der Waals surface area contributed by atoms with Crippen LogP contribution in [0, 0.1) is 56.7 Å². The van der Waals surface area contributed by atoms with Gasteiger partial charge in [-0.2, -0.15) is 15.8 Å². The Morgan fingerprint density at radius 2 is 1.81 bits per heavy atom. The number of nitrogens with zero attached hydrogens (tertiary/aromatic N) is 3. The molecule has 0 N–H and O–H groups in total. The van der Waals surface area contributed by atoms with Crippen molar-refractivity contribution in [1.82, 2.24) is 0 Å². The van der Waals surface area contributed by atoms with Gasteiger partial charge in [-0.05, 0) is 48.1 Å². The predicted octanol–water partition coefficient (Wildman–Crippen LogP) is 3.01. The van der Waals surface area contributed by atoms with Gasteiger partial charge in [-0.25, -0.2) is 0 Å². The fourth-order valence-corrected chi connectivity index (χ4v) is 6.46. The van der Waals surface area contributed by atoms with E-state index in [0.717, 1.165) is 6.42 Å². The second-order valence-electron chi connectivity index (χ2n) is 7.25. The second-order valence-corrected chi connectivity index (χ2v) is 7.25. The fraction of sp³-hybridized carbons (Fsp3) is 0.500. The molecule has 3 nitrogen and oxygen atoms in total. The topological polar surface area (TPSA) is 71.4 Å². The minimum Gasteiger partial charge on any atom is -0.197 e. The Bertz CT molecular complexity index is 806. The highest BCUT2D eigenvalue weighted by Crippen LogP contribution is 2.91. The number of rotatable bonds is 0. The summed E-state index contributed by atoms with van der Waals surface area (Å²) in [5.74, 6) is 1.18. The predicted molar refractivity (Wildman–Crippen MR) is 73.4 cm³/mol. The van der Waals surface area contributed by atoms with E-state index in [4.69, 9.17) is 0 Å². The molecule has 0 bridgehead atoms. The van der Waals surface area contributed by atoms with Crippen LogP contribution in [0.2, 0.25) is 0 Å². The highest BCUT2D eigenvalue weighted by atomic mass is 14.9. The van der Waals surface area contributed by atoms with Crippen molar-refractivity contribution in [3.8, 4) is 18.2 Å². The van der Waals surface area contributed by atoms with E-state index in [1.165, 1.54) is 11.1 Å². The first-order valence-corrected chi connectivity index (χ1v) is 7.52. The van der Waals surface area contributed by atoms with Crippen molar-refractivity contribution in [2.45, 2.75) is 30.6 Å². The Labute approximate surface area is 123 Å². The van der Waals surface area contributed by atoms with E-state index >= 15 is 0 Å². The molecule has 0 radical (unpaired) electrons. The van der Waals surface area contributed by atoms with Gasteiger partial charge in [0.25, 0.3) is 0 Å². The van der Waals surface area contributed by atoms with Gasteiger partial charge in [-0.1, -0.05) is 24.3 Å². The summed E-state index contributed by atoms with van der Waals surface area (Å²) in [6.07, 6.45) is 2.31. The van der Waals surface area contributed by atoms with Crippen molar-refractivity contribution in [2.24, 2.45) is 22.7 Å². The molecule has 3 heteroatoms. The molecule has 21 heavy (non-hydrogen) atoms. The zero-order chi connectivity index (χ0) is 14.5. The Balaban J connectivity index is 1.74. The van der Waals surface area contributed by atoms with Gasteiger partial charge in [-0.3, -0.25) is 0 Å². The monoisotopic (exact) mass is 271 g/mol. The maximum Gasteiger partial charge on any atom is 0.144 e. The number of benzene rings is 1. The maximum absolute atomic E-state index is 9.98. The number of nitriles is 3. The zero-order valence-corrected chi connectivity index (χ0v) is 11.5. The highest BCUT2D eigenvalue weighted by molar-refractivity contribution is 5.64. The molecule has 5 rings (SSSR count). The summed E-state index contributed by atoms with van der Waals surface area (Å²) in [6.45, 7) is 0. The molecule has 0 heterocycles. The first-order chi connectivity index (χ1) is 10.2. The van der Waals surface area contributed by atoms with E-state index in [-0.39, 0.29) is 5.41 Å². The molecule has 1 aromatic carbocycles. The molecule has 1 aromatic rings. The molecule has 0 amide bonds. The van der Waals surface area contributed by atoms with Crippen LogP contribution in [-0.2, 0) is 5.41 Å². The normalized spacial score (nSPS) is 45.7. The van der Waals surface area contributed by atoms with E-state index in [9.17, 15) is 15.8 Å². The van der Waals surface area contributed by atoms with Gasteiger partial charge >= 0.3 is 0 Å². The van der Waals surface area contributed by atoms with Crippen molar-refractivity contribution in [2.75, 3.05) is 0 Å². The van der Waals surface area contributed by atoms with Gasteiger partial charge in [0.05, 0.1) is 23.6 Å². The van der Waals surface area contributed by atoms with Crippen LogP contribution in [-0.4, -0.2) is 0 Å². The van der Waals surface area contributed by atoms with Gasteiger partial charge in [0.2, 0.25) is 0 Å². The lowest BCUT2D eigenvalue weighted by Gasteiger charge is -2.20. The number of hydrogen-bond donors (Lipinski definition) is 0. The first-order valence-electron chi connectivity index (χ1n) is 7.52. The molecule has 100 valence electrons. The van der Waals surface area contributed by atoms with Crippen molar-refractivity contribution < 1.29 is 0 Å². The zero-order valence-electron chi connectivity index (χ0n) is 11.5. The largest absolute Gasteiger partial charge is 0.197 e. The van der Waals surface area contributed by atoms with Crippen LogP contribution in [0.4, 0.5) is 0 Å². The van der Waals surface area contributed by atoms with Gasteiger partial charge in [0.15, 0.2) is 0 Å². The lowest BCUT2D eigenvalue weighted by molar-refractivity contribution is 0.350. The second kappa shape index (κ2) is 2.98. The molecular weight excluding hydrogens is 258 g/mol. The summed E-state index contributed by atoms with van der Waals surface area (Å²) in [6, 6.07) is 15.5. The highest BCUT2D eigenvalue weighted by Gasteiger charge is 2.91. The third-order valence-corrected chi connectivity index (χ3v) is 6.92. The Hall–Kier alpha value is -2.31. The average Bonchev–Trinajstić information content (AvgIpc) is 2.77. The van der Waals surface area contributed by atoms with Crippen LogP contribution in [0.1, 0.15) is 36.3 Å². The van der Waals surface area contributed by atoms with Crippen LogP contribution < -0.4 is 0 Å². The molecule has 4 aliphatic carbocycles. The lowest BCUT2D eigenvalue weighted by Crippen LogP contribution is -2.20. The molecule has 4 aliphatic rings. The molecule has 0 aliphatic heterocycles. The maximum atomic E-state index is 9.98. The quantitative estimate of drug-likeness (QED) is 0.728. The lowest BCUT2D eigenvalue weighted by atomic mass is 9.80. The Morgan fingerprint density at radius 3 is 2.52 bits per heavy atom. The fourth-order valence-electron chi connectivity index (χ4n) is 6.46. The van der Waals surface area contributed by atoms with Gasteiger partial charge in [0.1, 0.15) is 5.41 Å². The van der Waals surface area contributed by atoms with Crippen LogP contribution in [0.25, 0.3) is 0 Å². The summed E-state index contributed by atoms with van der Waals surface area (Å²) >= 11 is 0. The van der Waals surface area contributed by atoms with Gasteiger partial charge in [-0.15, -0.1) is 0 Å². The van der Waals surface area contributed by atoms with E-state index in [0.29, 0.717) is 30.6 Å². The number of fused-ring (bicyclic) bond motifs is 3. The molecule has 1 spiro atoms. The molecule has 0 aromatic heterocycles. The SMILES string of the molecule is N#CC1(C#N)C[C@H]2C[C@@H]3c4ccccc4[C@]4(C#N)[C@@H]3C24C1. The Morgan fingerprint density at radius 1 is 1.05 bits per heavy atom. The van der Waals surface area contributed by atoms with E-state index in [2.05, 4.69) is 36.4 Å². The molecule has 3 saturated carbocycles. The molecule has 3 fully saturated rings. The smallest absolute Gasteiger partial charge is 0.144 e. The van der Waals surface area contributed by atoms with E-state index in [1.54, 1.807) is 0 Å². The minimum absolute atomic E-state index is 0.0910. The van der Waals surface area contributed by atoms with Crippen LogP contribution in [0.3, 0.4) is 0 Å². The van der Waals surface area contributed by atoms with Crippen molar-refractivity contribution in [3.63, 3.8) is 0 Å². The van der Waals surface area contributed by atoms with Crippen molar-refractivity contribution in [3.05, 3.63) is 35.4 Å². The van der Waals surface area contributed by atoms with E-state index < -0.39 is 10.8 Å². The van der Waals surface area contributed by atoms with Crippen LogP contribution in [0.5, 0.6) is 0 Å². The van der Waals surface area contributed by atoms with Gasteiger partial charge < -0.3 is 0 Å². The van der Waals surface area contributed by atoms with Crippen molar-refractivity contribution >= 4 is 0 Å². The standard InChI is InChI=1S/C18H13N3/c19-8-16(9-20)6-11-5-13-12-3-1-2-4-14(12)18(10-21)15(13)17(11,18)7-16/h1-4,11,13,15H,5-7H2/t11-,13-,15+,17?,18-/m1/s1. The molecular formula is C18H13N3. The molecule has 5 atom stereocenters. The number of hydrogen-bond acceptors (Lipinski definition) is 3. The third kappa shape index (κ3) is 0.847.